The summed E-state index contributed by atoms with van der Waals surface area (Å²) in [6.07, 6.45) is 1.86. The molecule has 2 heterocycles. The Kier molecular flexibility index (Phi) is 3.40. The average Bonchev–Trinajstić information content (AvgIpc) is 2.31. The van der Waals surface area contributed by atoms with Crippen LogP contribution in [0.5, 0.6) is 0 Å². The van der Waals surface area contributed by atoms with Gasteiger partial charge >= 0.3 is 0 Å². The van der Waals surface area contributed by atoms with E-state index in [1.807, 2.05) is 12.3 Å². The van der Waals surface area contributed by atoms with E-state index < -0.39 is 0 Å². The monoisotopic (exact) mass is 206 g/mol. The fourth-order valence-electron chi connectivity index (χ4n) is 1.85. The lowest BCUT2D eigenvalue weighted by atomic mass is 10.3. The molecule has 1 aliphatic heterocycles. The van der Waals surface area contributed by atoms with Crippen LogP contribution in [-0.4, -0.2) is 37.7 Å². The van der Waals surface area contributed by atoms with Crippen LogP contribution in [0, 0.1) is 0 Å². The lowest BCUT2D eigenvalue weighted by Gasteiger charge is -2.29. The zero-order valence-corrected chi connectivity index (χ0v) is 9.16. The molecule has 1 aromatic rings. The topological polar surface area (TPSA) is 40.2 Å². The molecule has 15 heavy (non-hydrogen) atoms. The molecule has 0 radical (unpaired) electrons. The van der Waals surface area contributed by atoms with Gasteiger partial charge in [-0.1, -0.05) is 0 Å². The van der Waals surface area contributed by atoms with Gasteiger partial charge in [0.1, 0.15) is 0 Å². The second-order valence-electron chi connectivity index (χ2n) is 3.64. The van der Waals surface area contributed by atoms with Gasteiger partial charge in [-0.05, 0) is 19.1 Å². The molecule has 0 aliphatic carbocycles. The van der Waals surface area contributed by atoms with Crippen molar-refractivity contribution in [3.05, 3.63) is 18.3 Å². The van der Waals surface area contributed by atoms with E-state index in [1.54, 1.807) is 0 Å². The van der Waals surface area contributed by atoms with Crippen molar-refractivity contribution in [3.63, 3.8) is 0 Å². The van der Waals surface area contributed by atoms with E-state index in [-0.39, 0.29) is 0 Å². The molecule has 1 saturated heterocycles. The van der Waals surface area contributed by atoms with Crippen LogP contribution >= 0.6 is 0 Å². The summed E-state index contributed by atoms with van der Waals surface area (Å²) < 4.78 is 0. The maximum Gasteiger partial charge on any atom is 0.152 e. The Morgan fingerprint density at radius 1 is 1.47 bits per heavy atom. The van der Waals surface area contributed by atoms with E-state index in [1.165, 1.54) is 0 Å². The van der Waals surface area contributed by atoms with E-state index in [4.69, 9.17) is 0 Å². The first-order valence-corrected chi connectivity index (χ1v) is 5.56. The number of aromatic nitrogens is 1. The van der Waals surface area contributed by atoms with Gasteiger partial charge in [-0.25, -0.2) is 4.98 Å². The summed E-state index contributed by atoms with van der Waals surface area (Å²) in [5.74, 6) is 1.08. The van der Waals surface area contributed by atoms with Gasteiger partial charge in [0, 0.05) is 38.9 Å². The van der Waals surface area contributed by atoms with Crippen molar-refractivity contribution in [3.8, 4) is 0 Å². The summed E-state index contributed by atoms with van der Waals surface area (Å²) >= 11 is 0. The Bertz CT molecular complexity index is 307. The molecule has 2 rings (SSSR count). The number of rotatable bonds is 3. The molecule has 0 aromatic carbocycles. The lowest BCUT2D eigenvalue weighted by molar-refractivity contribution is 0.585. The SMILES string of the molecule is CCNc1cccnc1N1CCNCC1. The quantitative estimate of drug-likeness (QED) is 0.771. The number of anilines is 2. The normalized spacial score (nSPS) is 16.5. The predicted octanol–water partition coefficient (Wildman–Crippen LogP) is 0.923. The molecule has 0 amide bonds. The highest BCUT2D eigenvalue weighted by molar-refractivity contribution is 5.65. The van der Waals surface area contributed by atoms with Crippen LogP contribution in [0.25, 0.3) is 0 Å². The summed E-state index contributed by atoms with van der Waals surface area (Å²) in [5, 5.41) is 6.69. The van der Waals surface area contributed by atoms with Crippen molar-refractivity contribution in [1.82, 2.24) is 10.3 Å². The molecule has 0 unspecified atom stereocenters. The van der Waals surface area contributed by atoms with Crippen molar-refractivity contribution < 1.29 is 0 Å². The minimum atomic E-state index is 0.935. The number of hydrogen-bond donors (Lipinski definition) is 2. The number of pyridine rings is 1. The van der Waals surface area contributed by atoms with Crippen LogP contribution in [0.4, 0.5) is 11.5 Å². The first-order valence-electron chi connectivity index (χ1n) is 5.56. The molecular weight excluding hydrogens is 188 g/mol. The summed E-state index contributed by atoms with van der Waals surface area (Å²) in [6.45, 7) is 7.20. The van der Waals surface area contributed by atoms with Crippen molar-refractivity contribution in [2.45, 2.75) is 6.92 Å². The van der Waals surface area contributed by atoms with E-state index in [0.29, 0.717) is 0 Å². The van der Waals surface area contributed by atoms with E-state index in [0.717, 1.165) is 44.2 Å². The van der Waals surface area contributed by atoms with Gasteiger partial charge in [0.2, 0.25) is 0 Å². The predicted molar refractivity (Wildman–Crippen MR) is 63.5 cm³/mol. The Balaban J connectivity index is 2.17. The smallest absolute Gasteiger partial charge is 0.152 e. The third-order valence-corrected chi connectivity index (χ3v) is 2.57. The molecule has 0 saturated carbocycles. The molecular formula is C11H18N4. The maximum absolute atomic E-state index is 4.46. The molecule has 2 N–H and O–H groups in total. The highest BCUT2D eigenvalue weighted by Gasteiger charge is 2.14. The van der Waals surface area contributed by atoms with Crippen LogP contribution in [0.3, 0.4) is 0 Å². The Morgan fingerprint density at radius 2 is 2.27 bits per heavy atom. The number of nitrogens with one attached hydrogen (secondary N) is 2. The van der Waals surface area contributed by atoms with Crippen LogP contribution in [0.1, 0.15) is 6.92 Å². The van der Waals surface area contributed by atoms with Gasteiger partial charge in [-0.3, -0.25) is 0 Å². The number of piperazine rings is 1. The first-order chi connectivity index (χ1) is 7.42. The summed E-state index contributed by atoms with van der Waals surface area (Å²) in [5.41, 5.74) is 1.14. The molecule has 1 fully saturated rings. The highest BCUT2D eigenvalue weighted by Crippen LogP contribution is 2.22. The minimum absolute atomic E-state index is 0.935. The average molecular weight is 206 g/mol. The third kappa shape index (κ3) is 2.39. The summed E-state index contributed by atoms with van der Waals surface area (Å²) in [7, 11) is 0. The Labute approximate surface area is 90.7 Å². The van der Waals surface area contributed by atoms with Crippen molar-refractivity contribution in [2.75, 3.05) is 42.9 Å². The fourth-order valence-corrected chi connectivity index (χ4v) is 1.85. The van der Waals surface area contributed by atoms with E-state index in [9.17, 15) is 0 Å². The minimum Gasteiger partial charge on any atom is -0.382 e. The standard InChI is InChI=1S/C11H18N4/c1-2-13-10-4-3-5-14-11(10)15-8-6-12-7-9-15/h3-5,12-13H,2,6-9H2,1H3. The Morgan fingerprint density at radius 3 is 3.00 bits per heavy atom. The summed E-state index contributed by atoms with van der Waals surface area (Å²) in [4.78, 5) is 6.78. The third-order valence-electron chi connectivity index (χ3n) is 2.57. The van der Waals surface area contributed by atoms with E-state index >= 15 is 0 Å². The van der Waals surface area contributed by atoms with Gasteiger partial charge in [-0.2, -0.15) is 0 Å². The summed E-state index contributed by atoms with van der Waals surface area (Å²) in [6, 6.07) is 4.07. The van der Waals surface area contributed by atoms with Crippen molar-refractivity contribution in [1.29, 1.82) is 0 Å². The van der Waals surface area contributed by atoms with Gasteiger partial charge in [0.05, 0.1) is 5.69 Å². The largest absolute Gasteiger partial charge is 0.382 e. The zero-order chi connectivity index (χ0) is 10.5. The van der Waals surface area contributed by atoms with Gasteiger partial charge < -0.3 is 15.5 Å². The van der Waals surface area contributed by atoms with Gasteiger partial charge in [0.25, 0.3) is 0 Å². The molecule has 0 spiro atoms. The molecule has 1 aliphatic rings. The molecule has 0 atom stereocenters. The molecule has 82 valence electrons. The highest BCUT2D eigenvalue weighted by atomic mass is 15.2. The second-order valence-corrected chi connectivity index (χ2v) is 3.64. The second kappa shape index (κ2) is 4.98. The zero-order valence-electron chi connectivity index (χ0n) is 9.16. The van der Waals surface area contributed by atoms with E-state index in [2.05, 4.69) is 33.5 Å². The molecule has 4 heteroatoms. The molecule has 4 nitrogen and oxygen atoms in total. The molecule has 1 aromatic heterocycles. The van der Waals surface area contributed by atoms with Crippen molar-refractivity contribution in [2.24, 2.45) is 0 Å². The van der Waals surface area contributed by atoms with Crippen LogP contribution in [-0.2, 0) is 0 Å². The number of nitrogens with zero attached hydrogens (tertiary/aromatic N) is 2. The maximum atomic E-state index is 4.46. The van der Waals surface area contributed by atoms with Gasteiger partial charge in [0.15, 0.2) is 5.82 Å². The van der Waals surface area contributed by atoms with Crippen LogP contribution < -0.4 is 15.5 Å². The molecule has 0 bridgehead atoms. The first kappa shape index (κ1) is 10.2. The van der Waals surface area contributed by atoms with Gasteiger partial charge in [-0.15, -0.1) is 0 Å². The van der Waals surface area contributed by atoms with Crippen molar-refractivity contribution >= 4 is 11.5 Å². The Hall–Kier alpha value is -1.29. The van der Waals surface area contributed by atoms with Crippen LogP contribution in [0.2, 0.25) is 0 Å². The van der Waals surface area contributed by atoms with Crippen LogP contribution in [0.15, 0.2) is 18.3 Å². The number of hydrogen-bond acceptors (Lipinski definition) is 4. The fraction of sp³-hybridized carbons (Fsp3) is 0.545. The lowest BCUT2D eigenvalue weighted by Crippen LogP contribution is -2.44.